The van der Waals surface area contributed by atoms with Gasteiger partial charge in [0, 0.05) is 12.1 Å². The number of nitriles is 1. The number of halogens is 1. The van der Waals surface area contributed by atoms with Crippen molar-refractivity contribution in [3.05, 3.63) is 84.7 Å². The summed E-state index contributed by atoms with van der Waals surface area (Å²) in [6.45, 7) is 6.78. The molecule has 0 radical (unpaired) electrons. The summed E-state index contributed by atoms with van der Waals surface area (Å²) in [5.41, 5.74) is 0.0376. The maximum atomic E-state index is 13.5. The van der Waals surface area contributed by atoms with E-state index in [1.54, 1.807) is 6.07 Å². The first-order valence-electron chi connectivity index (χ1n) is 7.61. The van der Waals surface area contributed by atoms with E-state index >= 15 is 0 Å². The average Bonchev–Trinajstić information content (AvgIpc) is 2.68. The molecule has 6 nitrogen and oxygen atoms in total. The zero-order valence-electron chi connectivity index (χ0n) is 14.1. The number of carbonyl (C=O) groups excluding carboxylic acids is 2. The van der Waals surface area contributed by atoms with Crippen molar-refractivity contribution in [2.45, 2.75) is 6.29 Å². The fraction of sp³-hybridized carbons (Fsp3) is 0.0500. The molecule has 2 aromatic carbocycles. The van der Waals surface area contributed by atoms with Crippen LogP contribution in [0.15, 0.2) is 67.8 Å². The van der Waals surface area contributed by atoms with Crippen LogP contribution in [0.2, 0.25) is 0 Å². The molecule has 0 aliphatic rings. The Kier molecular flexibility index (Phi) is 6.44. The average molecular weight is 367 g/mol. The van der Waals surface area contributed by atoms with Crippen molar-refractivity contribution in [2.24, 2.45) is 0 Å². The van der Waals surface area contributed by atoms with E-state index in [4.69, 9.17) is 19.5 Å². The quantitative estimate of drug-likeness (QED) is 0.245. The molecule has 0 aliphatic heterocycles. The maximum absolute atomic E-state index is 13.5. The summed E-state index contributed by atoms with van der Waals surface area (Å²) in [4.78, 5) is 23.3. The number of hydrogen-bond donors (Lipinski definition) is 0. The Morgan fingerprint density at radius 1 is 1.11 bits per heavy atom. The highest BCUT2D eigenvalue weighted by atomic mass is 19.1. The second-order valence-corrected chi connectivity index (χ2v) is 5.03. The zero-order valence-corrected chi connectivity index (χ0v) is 14.1. The van der Waals surface area contributed by atoms with Gasteiger partial charge in [-0.3, -0.25) is 0 Å². The Bertz CT molecular complexity index is 915. The third-order valence-electron chi connectivity index (χ3n) is 3.21. The van der Waals surface area contributed by atoms with E-state index in [-0.39, 0.29) is 16.9 Å². The lowest BCUT2D eigenvalue weighted by Gasteiger charge is -2.15. The van der Waals surface area contributed by atoms with Gasteiger partial charge in [-0.15, -0.1) is 0 Å². The Hall–Kier alpha value is -3.92. The molecule has 27 heavy (non-hydrogen) atoms. The van der Waals surface area contributed by atoms with Crippen LogP contribution in [0.3, 0.4) is 0 Å². The number of hydrogen-bond acceptors (Lipinski definition) is 6. The van der Waals surface area contributed by atoms with Crippen LogP contribution < -0.4 is 9.47 Å². The molecular formula is C20H14FNO5. The lowest BCUT2D eigenvalue weighted by Crippen LogP contribution is -2.20. The molecule has 1 unspecified atom stereocenters. The van der Waals surface area contributed by atoms with Crippen LogP contribution in [0.5, 0.6) is 11.5 Å². The molecule has 0 heterocycles. The second kappa shape index (κ2) is 8.97. The van der Waals surface area contributed by atoms with E-state index in [0.717, 1.165) is 12.1 Å². The molecule has 0 N–H and O–H groups in total. The Labute approximate surface area is 154 Å². The molecule has 7 heteroatoms. The van der Waals surface area contributed by atoms with Gasteiger partial charge in [0.05, 0.1) is 11.1 Å². The normalized spacial score (nSPS) is 10.8. The Morgan fingerprint density at radius 3 is 2.33 bits per heavy atom. The number of ether oxygens (including phenoxy) is 3. The number of rotatable bonds is 7. The maximum Gasteiger partial charge on any atom is 0.343 e. The minimum atomic E-state index is -1.02. The van der Waals surface area contributed by atoms with Crippen molar-refractivity contribution in [1.29, 1.82) is 5.26 Å². The first-order chi connectivity index (χ1) is 13.0. The third-order valence-corrected chi connectivity index (χ3v) is 3.21. The van der Waals surface area contributed by atoms with Crippen molar-refractivity contribution in [3.63, 3.8) is 0 Å². The van der Waals surface area contributed by atoms with Gasteiger partial charge in [0.1, 0.15) is 23.4 Å². The molecule has 0 fully saturated rings. The van der Waals surface area contributed by atoms with Gasteiger partial charge in [0.25, 0.3) is 6.29 Å². The van der Waals surface area contributed by atoms with E-state index < -0.39 is 24.0 Å². The summed E-state index contributed by atoms with van der Waals surface area (Å²) < 4.78 is 28.9. The van der Waals surface area contributed by atoms with Gasteiger partial charge < -0.3 is 14.2 Å². The van der Waals surface area contributed by atoms with Crippen LogP contribution in [-0.2, 0) is 9.53 Å². The van der Waals surface area contributed by atoms with Gasteiger partial charge in [-0.1, -0.05) is 13.2 Å². The Morgan fingerprint density at radius 2 is 1.78 bits per heavy atom. The molecule has 0 amide bonds. The molecule has 0 saturated carbocycles. The van der Waals surface area contributed by atoms with Gasteiger partial charge in [-0.25, -0.2) is 14.0 Å². The van der Waals surface area contributed by atoms with Gasteiger partial charge in [0.15, 0.2) is 0 Å². The highest BCUT2D eigenvalue weighted by Gasteiger charge is 2.13. The van der Waals surface area contributed by atoms with Crippen LogP contribution >= 0.6 is 0 Å². The summed E-state index contributed by atoms with van der Waals surface area (Å²) in [6, 6.07) is 10.9. The first-order valence-corrected chi connectivity index (χ1v) is 7.61. The number of carbonyl (C=O) groups is 2. The fourth-order valence-corrected chi connectivity index (χ4v) is 1.90. The molecule has 0 saturated heterocycles. The minimum absolute atomic E-state index is 0.0279. The zero-order chi connectivity index (χ0) is 19.8. The lowest BCUT2D eigenvalue weighted by molar-refractivity contribution is -0.151. The predicted molar refractivity (Wildman–Crippen MR) is 93.4 cm³/mol. The largest absolute Gasteiger partial charge is 0.451 e. The van der Waals surface area contributed by atoms with Gasteiger partial charge in [-0.2, -0.15) is 5.26 Å². The van der Waals surface area contributed by atoms with Crippen molar-refractivity contribution in [3.8, 4) is 17.6 Å². The number of esters is 2. The lowest BCUT2D eigenvalue weighted by atomic mass is 10.2. The smallest absolute Gasteiger partial charge is 0.343 e. The molecule has 1 atom stereocenters. The van der Waals surface area contributed by atoms with Crippen molar-refractivity contribution in [1.82, 2.24) is 0 Å². The van der Waals surface area contributed by atoms with E-state index in [1.807, 2.05) is 0 Å². The molecule has 136 valence electrons. The number of benzene rings is 2. The topological polar surface area (TPSA) is 85.6 Å². The fourth-order valence-electron chi connectivity index (χ4n) is 1.90. The van der Waals surface area contributed by atoms with Gasteiger partial charge in [-0.05, 0) is 42.5 Å². The van der Waals surface area contributed by atoms with E-state index in [1.165, 1.54) is 42.5 Å². The summed E-state index contributed by atoms with van der Waals surface area (Å²) in [5, 5.41) is 8.69. The van der Waals surface area contributed by atoms with Crippen molar-refractivity contribution in [2.75, 3.05) is 0 Å². The SMILES string of the molecule is C=CC(=O)OC(C=C)Oc1ccc(C(=O)Oc2ccc(C#N)c(F)c2)cc1. The predicted octanol–water partition coefficient (Wildman–Crippen LogP) is 3.54. The highest BCUT2D eigenvalue weighted by Crippen LogP contribution is 2.19. The standard InChI is InChI=1S/C20H14FNO5/c1-3-18(23)27-19(4-2)25-15-8-5-13(6-9-15)20(24)26-16-10-7-14(12-22)17(21)11-16/h3-11,19H,1-2H2. The molecule has 0 spiro atoms. The van der Waals surface area contributed by atoms with Crippen LogP contribution in [0.4, 0.5) is 4.39 Å². The van der Waals surface area contributed by atoms with Gasteiger partial charge in [0.2, 0.25) is 0 Å². The summed E-state index contributed by atoms with van der Waals surface area (Å²) >= 11 is 0. The van der Waals surface area contributed by atoms with Crippen molar-refractivity contribution < 1.29 is 28.2 Å². The summed E-state index contributed by atoms with van der Waals surface area (Å²) in [5.74, 6) is -1.88. The van der Waals surface area contributed by atoms with Crippen molar-refractivity contribution >= 4 is 11.9 Å². The second-order valence-electron chi connectivity index (χ2n) is 5.03. The summed E-state index contributed by atoms with van der Waals surface area (Å²) in [6.07, 6.45) is 1.25. The van der Waals surface area contributed by atoms with Crippen LogP contribution in [-0.4, -0.2) is 18.2 Å². The van der Waals surface area contributed by atoms with Gasteiger partial charge >= 0.3 is 11.9 Å². The Balaban J connectivity index is 2.03. The monoisotopic (exact) mass is 367 g/mol. The first kappa shape index (κ1) is 19.4. The molecule has 2 aromatic rings. The molecule has 0 bridgehead atoms. The number of nitrogens with zero attached hydrogens (tertiary/aromatic N) is 1. The minimum Gasteiger partial charge on any atom is -0.451 e. The van der Waals surface area contributed by atoms with Crippen LogP contribution in [0.1, 0.15) is 15.9 Å². The highest BCUT2D eigenvalue weighted by molar-refractivity contribution is 5.91. The molecule has 2 rings (SSSR count). The molecule has 0 aliphatic carbocycles. The van der Waals surface area contributed by atoms with E-state index in [0.29, 0.717) is 5.75 Å². The van der Waals surface area contributed by atoms with Crippen LogP contribution in [0.25, 0.3) is 0 Å². The summed E-state index contributed by atoms with van der Waals surface area (Å²) in [7, 11) is 0. The van der Waals surface area contributed by atoms with Crippen LogP contribution in [0, 0.1) is 17.1 Å². The molecular weight excluding hydrogens is 353 g/mol. The third kappa shape index (κ3) is 5.28. The van der Waals surface area contributed by atoms with E-state index in [9.17, 15) is 14.0 Å². The molecule has 0 aromatic heterocycles. The van der Waals surface area contributed by atoms with E-state index in [2.05, 4.69) is 13.2 Å².